The van der Waals surface area contributed by atoms with Gasteiger partial charge in [0, 0.05) is 9.81 Å². The van der Waals surface area contributed by atoms with Crippen LogP contribution < -0.4 is 0 Å². The van der Waals surface area contributed by atoms with Crippen LogP contribution in [0.1, 0.15) is 0 Å². The molecule has 0 aromatic rings. The van der Waals surface area contributed by atoms with Gasteiger partial charge in [0.2, 0.25) is 0 Å². The number of allylic oxidation sites excluding steroid dienone is 2. The van der Waals surface area contributed by atoms with Crippen LogP contribution in [0.2, 0.25) is 0 Å². The van der Waals surface area contributed by atoms with Crippen molar-refractivity contribution in [2.45, 2.75) is 5.60 Å². The number of rotatable bonds is 2. The number of carbonyl (C=O) groups excluding carboxylic acids is 1. The number of aldehydes is 1. The molecule has 12 heavy (non-hydrogen) atoms. The highest BCUT2D eigenvalue weighted by Crippen LogP contribution is 2.29. The molecule has 0 aromatic carbocycles. The molecule has 1 rings (SSSR count). The van der Waals surface area contributed by atoms with Gasteiger partial charge in [0.15, 0.2) is 0 Å². The molecular formula is C8H8Br2O2. The summed E-state index contributed by atoms with van der Waals surface area (Å²) >= 11 is 6.41. The Labute approximate surface area is 87.6 Å². The number of halogens is 2. The quantitative estimate of drug-likeness (QED) is 0.623. The highest BCUT2D eigenvalue weighted by Gasteiger charge is 2.33. The highest BCUT2D eigenvalue weighted by atomic mass is 79.9. The zero-order valence-electron chi connectivity index (χ0n) is 6.21. The van der Waals surface area contributed by atoms with E-state index in [2.05, 4.69) is 31.9 Å². The van der Waals surface area contributed by atoms with E-state index < -0.39 is 11.5 Å². The zero-order valence-corrected chi connectivity index (χ0v) is 9.38. The first-order chi connectivity index (χ1) is 5.62. The summed E-state index contributed by atoms with van der Waals surface area (Å²) in [6.45, 7) is 0. The fraction of sp³-hybridized carbons (Fsp3) is 0.375. The molecular weight excluding hydrogens is 288 g/mol. The third kappa shape index (κ3) is 1.87. The third-order valence-corrected chi connectivity index (χ3v) is 3.18. The molecule has 0 saturated heterocycles. The molecule has 0 fully saturated rings. The summed E-state index contributed by atoms with van der Waals surface area (Å²) in [5, 5.41) is 10.2. The summed E-state index contributed by atoms with van der Waals surface area (Å²) < 4.78 is 0.794. The number of hydrogen-bond donors (Lipinski definition) is 1. The van der Waals surface area contributed by atoms with Crippen molar-refractivity contribution in [2.75, 3.05) is 5.33 Å². The van der Waals surface area contributed by atoms with E-state index >= 15 is 0 Å². The Morgan fingerprint density at radius 2 is 2.42 bits per heavy atom. The molecule has 1 aliphatic rings. The Morgan fingerprint density at radius 3 is 2.92 bits per heavy atom. The monoisotopic (exact) mass is 294 g/mol. The predicted molar refractivity (Wildman–Crippen MR) is 54.4 cm³/mol. The van der Waals surface area contributed by atoms with Gasteiger partial charge in [-0.1, -0.05) is 44.0 Å². The molecule has 4 heteroatoms. The van der Waals surface area contributed by atoms with Crippen LogP contribution in [0.3, 0.4) is 0 Å². The molecule has 2 unspecified atom stereocenters. The lowest BCUT2D eigenvalue weighted by Crippen LogP contribution is -2.39. The fourth-order valence-electron chi connectivity index (χ4n) is 1.04. The Morgan fingerprint density at radius 1 is 1.75 bits per heavy atom. The van der Waals surface area contributed by atoms with E-state index in [-0.39, 0.29) is 0 Å². The Bertz CT molecular complexity index is 247. The fourth-order valence-corrected chi connectivity index (χ4v) is 2.12. The summed E-state index contributed by atoms with van der Waals surface area (Å²) in [6, 6.07) is 0. The molecule has 66 valence electrons. The number of aliphatic hydroxyl groups is 1. The maximum absolute atomic E-state index is 10.6. The standard InChI is InChI=1S/C8H8Br2O2/c9-5-8(12)3-7(10)2-1-6(8)4-11/h1-4,6,12H,5H2. The van der Waals surface area contributed by atoms with Crippen LogP contribution in [0, 0.1) is 5.92 Å². The van der Waals surface area contributed by atoms with Crippen LogP contribution in [-0.4, -0.2) is 22.3 Å². The molecule has 1 aliphatic carbocycles. The Balaban J connectivity index is 2.96. The predicted octanol–water partition coefficient (Wildman–Crippen LogP) is 1.78. The average molecular weight is 296 g/mol. The second-order valence-corrected chi connectivity index (χ2v) is 4.15. The zero-order chi connectivity index (χ0) is 9.19. The van der Waals surface area contributed by atoms with Crippen LogP contribution in [-0.2, 0) is 4.79 Å². The molecule has 2 atom stereocenters. The summed E-state index contributed by atoms with van der Waals surface area (Å²) in [4.78, 5) is 10.6. The molecule has 0 saturated carbocycles. The summed E-state index contributed by atoms with van der Waals surface area (Å²) in [7, 11) is 0. The molecule has 0 heterocycles. The first kappa shape index (κ1) is 10.2. The molecule has 2 nitrogen and oxygen atoms in total. The van der Waals surface area contributed by atoms with E-state index in [9.17, 15) is 9.90 Å². The average Bonchev–Trinajstić information content (AvgIpc) is 2.05. The largest absolute Gasteiger partial charge is 0.384 e. The summed E-state index contributed by atoms with van der Waals surface area (Å²) in [6.07, 6.45) is 5.81. The molecule has 0 aliphatic heterocycles. The highest BCUT2D eigenvalue weighted by molar-refractivity contribution is 9.12. The summed E-state index contributed by atoms with van der Waals surface area (Å²) in [5.74, 6) is -0.460. The number of hydrogen-bond acceptors (Lipinski definition) is 2. The van der Waals surface area contributed by atoms with Crippen molar-refractivity contribution in [1.82, 2.24) is 0 Å². The van der Waals surface area contributed by atoms with Crippen molar-refractivity contribution in [2.24, 2.45) is 5.92 Å². The minimum atomic E-state index is -1.09. The van der Waals surface area contributed by atoms with Crippen molar-refractivity contribution in [1.29, 1.82) is 0 Å². The van der Waals surface area contributed by atoms with Gasteiger partial charge >= 0.3 is 0 Å². The van der Waals surface area contributed by atoms with Gasteiger partial charge in [0.05, 0.1) is 5.92 Å². The Kier molecular flexibility index (Phi) is 3.26. The maximum Gasteiger partial charge on any atom is 0.130 e. The van der Waals surface area contributed by atoms with Gasteiger partial charge in [-0.3, -0.25) is 0 Å². The van der Waals surface area contributed by atoms with Gasteiger partial charge in [-0.15, -0.1) is 0 Å². The second-order valence-electron chi connectivity index (χ2n) is 2.68. The van der Waals surface area contributed by atoms with Gasteiger partial charge in [-0.25, -0.2) is 0 Å². The minimum Gasteiger partial charge on any atom is -0.384 e. The van der Waals surface area contributed by atoms with Gasteiger partial charge in [0.25, 0.3) is 0 Å². The van der Waals surface area contributed by atoms with E-state index in [0.717, 1.165) is 10.8 Å². The molecule has 0 bridgehead atoms. The van der Waals surface area contributed by atoms with Crippen molar-refractivity contribution < 1.29 is 9.90 Å². The van der Waals surface area contributed by atoms with Gasteiger partial charge in [-0.05, 0) is 6.08 Å². The number of carbonyl (C=O) groups is 1. The topological polar surface area (TPSA) is 37.3 Å². The van der Waals surface area contributed by atoms with Crippen LogP contribution in [0.15, 0.2) is 22.7 Å². The summed E-state index contributed by atoms with van der Waals surface area (Å²) in [5.41, 5.74) is -1.09. The van der Waals surface area contributed by atoms with E-state index in [1.165, 1.54) is 0 Å². The minimum absolute atomic E-state index is 0.350. The van der Waals surface area contributed by atoms with Crippen LogP contribution in [0.4, 0.5) is 0 Å². The van der Waals surface area contributed by atoms with E-state index in [0.29, 0.717) is 5.33 Å². The van der Waals surface area contributed by atoms with E-state index in [1.807, 2.05) is 0 Å². The first-order valence-electron chi connectivity index (χ1n) is 3.42. The normalized spacial score (nSPS) is 34.6. The molecule has 0 amide bonds. The van der Waals surface area contributed by atoms with Crippen LogP contribution in [0.25, 0.3) is 0 Å². The molecule has 0 aromatic heterocycles. The number of alkyl halides is 1. The van der Waals surface area contributed by atoms with Crippen molar-refractivity contribution in [3.63, 3.8) is 0 Å². The van der Waals surface area contributed by atoms with Crippen LogP contribution >= 0.6 is 31.9 Å². The van der Waals surface area contributed by atoms with Crippen molar-refractivity contribution in [3.8, 4) is 0 Å². The van der Waals surface area contributed by atoms with Gasteiger partial charge in [0.1, 0.15) is 11.9 Å². The van der Waals surface area contributed by atoms with Gasteiger partial charge < -0.3 is 9.90 Å². The maximum atomic E-state index is 10.6. The second kappa shape index (κ2) is 3.85. The molecule has 0 spiro atoms. The smallest absolute Gasteiger partial charge is 0.130 e. The third-order valence-electron chi connectivity index (χ3n) is 1.79. The lowest BCUT2D eigenvalue weighted by Gasteiger charge is -2.28. The van der Waals surface area contributed by atoms with Crippen molar-refractivity contribution in [3.05, 3.63) is 22.7 Å². The van der Waals surface area contributed by atoms with Crippen LogP contribution in [0.5, 0.6) is 0 Å². The van der Waals surface area contributed by atoms with Gasteiger partial charge in [-0.2, -0.15) is 0 Å². The van der Waals surface area contributed by atoms with Crippen molar-refractivity contribution >= 4 is 38.1 Å². The lowest BCUT2D eigenvalue weighted by atomic mass is 9.87. The SMILES string of the molecule is O=CC1C=CC(Br)=CC1(O)CBr. The first-order valence-corrected chi connectivity index (χ1v) is 5.34. The van der Waals surface area contributed by atoms with E-state index in [4.69, 9.17) is 0 Å². The van der Waals surface area contributed by atoms with E-state index in [1.54, 1.807) is 18.2 Å². The molecule has 0 radical (unpaired) electrons. The Hall–Kier alpha value is 0.0700. The molecule has 1 N–H and O–H groups in total. The lowest BCUT2D eigenvalue weighted by molar-refractivity contribution is -0.114.